The summed E-state index contributed by atoms with van der Waals surface area (Å²) in [6.45, 7) is 0. The average molecular weight is 297 g/mol. The Morgan fingerprint density at radius 1 is 1.22 bits per heavy atom. The Hall–Kier alpha value is -0.770. The van der Waals surface area contributed by atoms with Gasteiger partial charge < -0.3 is 0 Å². The van der Waals surface area contributed by atoms with Crippen LogP contribution in [0.5, 0.6) is 0 Å². The van der Waals surface area contributed by atoms with E-state index in [0.717, 1.165) is 22.1 Å². The summed E-state index contributed by atoms with van der Waals surface area (Å²) in [5, 5.41) is 2.70. The SMILES string of the molecule is O=C(CCCSc1ccc(Cl)cc1)c1cccs1. The molecule has 0 saturated carbocycles. The lowest BCUT2D eigenvalue weighted by molar-refractivity contribution is 0.0986. The van der Waals surface area contributed by atoms with E-state index >= 15 is 0 Å². The second-order valence-corrected chi connectivity index (χ2v) is 6.36. The van der Waals surface area contributed by atoms with Crippen molar-refractivity contribution < 1.29 is 4.79 Å². The van der Waals surface area contributed by atoms with Gasteiger partial charge in [-0.15, -0.1) is 23.1 Å². The minimum atomic E-state index is 0.252. The molecule has 0 aliphatic heterocycles. The quantitative estimate of drug-likeness (QED) is 0.416. The van der Waals surface area contributed by atoms with E-state index in [2.05, 4.69) is 0 Å². The summed E-state index contributed by atoms with van der Waals surface area (Å²) in [5.41, 5.74) is 0. The highest BCUT2D eigenvalue weighted by atomic mass is 35.5. The third kappa shape index (κ3) is 4.16. The number of ketones is 1. The van der Waals surface area contributed by atoms with Gasteiger partial charge in [0.2, 0.25) is 0 Å². The predicted octanol–water partition coefficient (Wildman–Crippen LogP) is 5.16. The highest BCUT2D eigenvalue weighted by molar-refractivity contribution is 7.99. The Balaban J connectivity index is 1.70. The first-order chi connectivity index (χ1) is 8.75. The molecule has 0 atom stereocenters. The monoisotopic (exact) mass is 296 g/mol. The Morgan fingerprint density at radius 3 is 2.67 bits per heavy atom. The second-order valence-electron chi connectivity index (χ2n) is 3.81. The molecule has 2 aromatic rings. The highest BCUT2D eigenvalue weighted by Crippen LogP contribution is 2.22. The summed E-state index contributed by atoms with van der Waals surface area (Å²) in [4.78, 5) is 13.8. The lowest BCUT2D eigenvalue weighted by Crippen LogP contribution is -1.96. The van der Waals surface area contributed by atoms with Crippen LogP contribution in [0.3, 0.4) is 0 Å². The molecule has 94 valence electrons. The predicted molar refractivity (Wildman–Crippen MR) is 80.1 cm³/mol. The standard InChI is InChI=1S/C14H13ClOS2/c15-11-5-7-12(8-6-11)17-9-1-3-13(16)14-4-2-10-18-14/h2,4-8,10H,1,3,9H2. The van der Waals surface area contributed by atoms with Crippen molar-refractivity contribution in [2.45, 2.75) is 17.7 Å². The zero-order valence-corrected chi connectivity index (χ0v) is 12.2. The Bertz CT molecular complexity index is 491. The molecule has 0 N–H and O–H groups in total. The number of hydrogen-bond acceptors (Lipinski definition) is 3. The van der Waals surface area contributed by atoms with E-state index in [1.165, 1.54) is 16.2 Å². The van der Waals surface area contributed by atoms with Crippen molar-refractivity contribution in [1.29, 1.82) is 0 Å². The van der Waals surface area contributed by atoms with E-state index < -0.39 is 0 Å². The summed E-state index contributed by atoms with van der Waals surface area (Å²) < 4.78 is 0. The minimum Gasteiger partial charge on any atom is -0.293 e. The fourth-order valence-corrected chi connectivity index (χ4v) is 3.19. The number of thiophene rings is 1. The van der Waals surface area contributed by atoms with Gasteiger partial charge >= 0.3 is 0 Å². The molecule has 18 heavy (non-hydrogen) atoms. The van der Waals surface area contributed by atoms with E-state index in [1.807, 2.05) is 41.8 Å². The normalized spacial score (nSPS) is 10.5. The van der Waals surface area contributed by atoms with Gasteiger partial charge in [0.15, 0.2) is 5.78 Å². The van der Waals surface area contributed by atoms with E-state index in [-0.39, 0.29) is 5.78 Å². The number of carbonyl (C=O) groups excluding carboxylic acids is 1. The van der Waals surface area contributed by atoms with Gasteiger partial charge in [-0.2, -0.15) is 0 Å². The first-order valence-corrected chi connectivity index (χ1v) is 7.95. The zero-order valence-electron chi connectivity index (χ0n) is 9.77. The van der Waals surface area contributed by atoms with E-state index in [1.54, 1.807) is 11.8 Å². The molecule has 1 aromatic heterocycles. The summed E-state index contributed by atoms with van der Waals surface area (Å²) in [5.74, 6) is 1.21. The third-order valence-electron chi connectivity index (χ3n) is 2.43. The van der Waals surface area contributed by atoms with Gasteiger partial charge in [0, 0.05) is 16.3 Å². The number of halogens is 1. The summed E-state index contributed by atoms with van der Waals surface area (Å²) >= 11 is 9.10. The van der Waals surface area contributed by atoms with Gasteiger partial charge in [0.1, 0.15) is 0 Å². The van der Waals surface area contributed by atoms with Crippen molar-refractivity contribution in [2.24, 2.45) is 0 Å². The van der Waals surface area contributed by atoms with Gasteiger partial charge in [-0.05, 0) is 47.9 Å². The molecular weight excluding hydrogens is 284 g/mol. The summed E-state index contributed by atoms with van der Waals surface area (Å²) in [6.07, 6.45) is 1.53. The van der Waals surface area contributed by atoms with E-state index in [4.69, 9.17) is 11.6 Å². The van der Waals surface area contributed by atoms with Crippen molar-refractivity contribution in [3.8, 4) is 0 Å². The number of carbonyl (C=O) groups is 1. The lowest BCUT2D eigenvalue weighted by Gasteiger charge is -2.01. The molecule has 0 amide bonds. The first-order valence-electron chi connectivity index (χ1n) is 5.71. The molecule has 0 aliphatic carbocycles. The van der Waals surface area contributed by atoms with E-state index in [0.29, 0.717) is 6.42 Å². The van der Waals surface area contributed by atoms with Gasteiger partial charge in [-0.1, -0.05) is 17.7 Å². The average Bonchev–Trinajstić information content (AvgIpc) is 2.90. The van der Waals surface area contributed by atoms with Crippen LogP contribution < -0.4 is 0 Å². The molecule has 1 heterocycles. The lowest BCUT2D eigenvalue weighted by atomic mass is 10.2. The number of thioether (sulfide) groups is 1. The summed E-state index contributed by atoms with van der Waals surface area (Å²) in [7, 11) is 0. The number of rotatable bonds is 6. The van der Waals surface area contributed by atoms with Crippen LogP contribution in [0.1, 0.15) is 22.5 Å². The van der Waals surface area contributed by atoms with Gasteiger partial charge in [-0.25, -0.2) is 0 Å². The van der Waals surface area contributed by atoms with Crippen LogP contribution in [0.25, 0.3) is 0 Å². The molecule has 0 spiro atoms. The Kier molecular flexibility index (Phi) is 5.29. The molecule has 1 nitrogen and oxygen atoms in total. The van der Waals surface area contributed by atoms with Crippen molar-refractivity contribution in [1.82, 2.24) is 0 Å². The zero-order chi connectivity index (χ0) is 12.8. The molecule has 0 bridgehead atoms. The van der Waals surface area contributed by atoms with Crippen LogP contribution >= 0.6 is 34.7 Å². The van der Waals surface area contributed by atoms with Gasteiger partial charge in [0.05, 0.1) is 4.88 Å². The van der Waals surface area contributed by atoms with Crippen molar-refractivity contribution in [3.63, 3.8) is 0 Å². The fraction of sp³-hybridized carbons (Fsp3) is 0.214. The smallest absolute Gasteiger partial charge is 0.172 e. The molecule has 0 saturated heterocycles. The molecular formula is C14H13ClOS2. The van der Waals surface area contributed by atoms with Crippen LogP contribution in [0.4, 0.5) is 0 Å². The minimum absolute atomic E-state index is 0.252. The highest BCUT2D eigenvalue weighted by Gasteiger charge is 2.06. The largest absolute Gasteiger partial charge is 0.293 e. The maximum atomic E-state index is 11.7. The molecule has 0 radical (unpaired) electrons. The van der Waals surface area contributed by atoms with Crippen LogP contribution in [0.15, 0.2) is 46.7 Å². The maximum Gasteiger partial charge on any atom is 0.172 e. The van der Waals surface area contributed by atoms with Crippen LogP contribution in [0, 0.1) is 0 Å². The topological polar surface area (TPSA) is 17.1 Å². The first kappa shape index (κ1) is 13.7. The molecule has 0 unspecified atom stereocenters. The van der Waals surface area contributed by atoms with Crippen molar-refractivity contribution in [3.05, 3.63) is 51.7 Å². The Labute approximate surface area is 120 Å². The molecule has 1 aromatic carbocycles. The molecule has 2 rings (SSSR count). The molecule has 0 fully saturated rings. The van der Waals surface area contributed by atoms with Gasteiger partial charge in [-0.3, -0.25) is 4.79 Å². The molecule has 0 aliphatic rings. The summed E-state index contributed by atoms with van der Waals surface area (Å²) in [6, 6.07) is 11.6. The van der Waals surface area contributed by atoms with E-state index in [9.17, 15) is 4.79 Å². The van der Waals surface area contributed by atoms with Crippen LogP contribution in [-0.2, 0) is 0 Å². The second kappa shape index (κ2) is 6.98. The fourth-order valence-electron chi connectivity index (χ4n) is 1.51. The van der Waals surface area contributed by atoms with Gasteiger partial charge in [0.25, 0.3) is 0 Å². The van der Waals surface area contributed by atoms with Crippen LogP contribution in [0.2, 0.25) is 5.02 Å². The van der Waals surface area contributed by atoms with Crippen molar-refractivity contribution in [2.75, 3.05) is 5.75 Å². The number of Topliss-reactive ketones (excluding diaryl/α,β-unsaturated/α-hetero) is 1. The maximum absolute atomic E-state index is 11.7. The van der Waals surface area contributed by atoms with Crippen LogP contribution in [-0.4, -0.2) is 11.5 Å². The third-order valence-corrected chi connectivity index (χ3v) is 4.69. The number of hydrogen-bond donors (Lipinski definition) is 0. The molecule has 4 heteroatoms. The van der Waals surface area contributed by atoms with Crippen molar-refractivity contribution >= 4 is 40.5 Å². The Morgan fingerprint density at radius 2 is 2.00 bits per heavy atom. The number of benzene rings is 1.